The summed E-state index contributed by atoms with van der Waals surface area (Å²) in [6.45, 7) is 3.31. The third kappa shape index (κ3) is 4.49. The number of thiazole rings is 1. The summed E-state index contributed by atoms with van der Waals surface area (Å²) in [5.41, 5.74) is 2.21. The second kappa shape index (κ2) is 8.41. The number of aryl methyl sites for hydroxylation is 1. The standard InChI is InChI=1S/C20H17ClN2O4S/c1-12-4-3-5-16(8-12)23(13(2)24)20-22-15(11-28-20)10-27-19(26)17-9-14(21)6-7-18(17)25/h3-9,11,25H,10H2,1-2H3. The molecule has 1 aromatic heterocycles. The van der Waals surface area contributed by atoms with E-state index in [4.69, 9.17) is 16.3 Å². The zero-order valence-corrected chi connectivity index (χ0v) is 16.8. The molecule has 1 N–H and O–H groups in total. The molecular formula is C20H17ClN2O4S. The highest BCUT2D eigenvalue weighted by atomic mass is 35.5. The number of amides is 1. The van der Waals surface area contributed by atoms with Crippen LogP contribution in [0.2, 0.25) is 5.02 Å². The van der Waals surface area contributed by atoms with E-state index in [0.29, 0.717) is 21.5 Å². The Labute approximate surface area is 171 Å². The highest BCUT2D eigenvalue weighted by Crippen LogP contribution is 2.30. The second-order valence-electron chi connectivity index (χ2n) is 6.05. The largest absolute Gasteiger partial charge is 0.507 e. The molecule has 0 atom stereocenters. The van der Waals surface area contributed by atoms with Crippen molar-refractivity contribution in [2.75, 3.05) is 4.90 Å². The van der Waals surface area contributed by atoms with Crippen LogP contribution in [0, 0.1) is 6.92 Å². The Kier molecular flexibility index (Phi) is 5.96. The maximum absolute atomic E-state index is 12.2. The Morgan fingerprint density at radius 1 is 1.25 bits per heavy atom. The van der Waals surface area contributed by atoms with Crippen molar-refractivity contribution in [3.8, 4) is 5.75 Å². The summed E-state index contributed by atoms with van der Waals surface area (Å²) in [5.74, 6) is -1.10. The molecule has 0 spiro atoms. The third-order valence-corrected chi connectivity index (χ3v) is 4.95. The number of ether oxygens (including phenoxy) is 1. The van der Waals surface area contributed by atoms with Crippen LogP contribution in [-0.2, 0) is 16.1 Å². The summed E-state index contributed by atoms with van der Waals surface area (Å²) in [6.07, 6.45) is 0. The van der Waals surface area contributed by atoms with E-state index in [1.165, 1.54) is 41.4 Å². The Balaban J connectivity index is 1.75. The number of hydrogen-bond acceptors (Lipinski definition) is 6. The fourth-order valence-electron chi connectivity index (χ4n) is 2.55. The quantitative estimate of drug-likeness (QED) is 0.601. The van der Waals surface area contributed by atoms with Crippen LogP contribution < -0.4 is 4.90 Å². The van der Waals surface area contributed by atoms with Crippen LogP contribution in [0.3, 0.4) is 0 Å². The minimum atomic E-state index is -0.711. The van der Waals surface area contributed by atoms with Gasteiger partial charge in [0.2, 0.25) is 5.91 Å². The lowest BCUT2D eigenvalue weighted by molar-refractivity contribution is -0.115. The van der Waals surface area contributed by atoms with Crippen molar-refractivity contribution in [3.63, 3.8) is 0 Å². The van der Waals surface area contributed by atoms with Crippen LogP contribution in [0.25, 0.3) is 0 Å². The molecule has 3 rings (SSSR count). The molecule has 0 fully saturated rings. The van der Waals surface area contributed by atoms with E-state index in [1.807, 2.05) is 31.2 Å². The maximum Gasteiger partial charge on any atom is 0.342 e. The summed E-state index contributed by atoms with van der Waals surface area (Å²) in [6, 6.07) is 11.7. The van der Waals surface area contributed by atoms with Gasteiger partial charge in [-0.2, -0.15) is 0 Å². The van der Waals surface area contributed by atoms with Crippen LogP contribution in [0.5, 0.6) is 5.75 Å². The second-order valence-corrected chi connectivity index (χ2v) is 7.33. The number of aromatic nitrogens is 1. The van der Waals surface area contributed by atoms with Gasteiger partial charge in [-0.25, -0.2) is 9.78 Å². The molecule has 1 heterocycles. The van der Waals surface area contributed by atoms with Crippen molar-refractivity contribution in [1.29, 1.82) is 0 Å². The summed E-state index contributed by atoms with van der Waals surface area (Å²) in [4.78, 5) is 30.2. The first-order valence-electron chi connectivity index (χ1n) is 8.32. The fourth-order valence-corrected chi connectivity index (χ4v) is 3.59. The van der Waals surface area contributed by atoms with E-state index in [0.717, 1.165) is 5.56 Å². The van der Waals surface area contributed by atoms with Gasteiger partial charge in [0.05, 0.1) is 11.4 Å². The number of aromatic hydroxyl groups is 1. The molecule has 0 aliphatic carbocycles. The number of nitrogens with zero attached hydrogens (tertiary/aromatic N) is 2. The van der Waals surface area contributed by atoms with Crippen molar-refractivity contribution in [2.24, 2.45) is 0 Å². The van der Waals surface area contributed by atoms with Gasteiger partial charge in [-0.1, -0.05) is 23.7 Å². The van der Waals surface area contributed by atoms with Crippen LogP contribution in [0.1, 0.15) is 28.5 Å². The van der Waals surface area contributed by atoms with E-state index >= 15 is 0 Å². The minimum Gasteiger partial charge on any atom is -0.507 e. The average Bonchev–Trinajstić information content (AvgIpc) is 3.10. The number of hydrogen-bond donors (Lipinski definition) is 1. The zero-order chi connectivity index (χ0) is 20.3. The lowest BCUT2D eigenvalue weighted by atomic mass is 10.2. The molecule has 0 aliphatic rings. The van der Waals surface area contributed by atoms with Crippen LogP contribution in [0.15, 0.2) is 47.8 Å². The number of esters is 1. The molecule has 1 amide bonds. The lowest BCUT2D eigenvalue weighted by Gasteiger charge is -2.18. The third-order valence-electron chi connectivity index (χ3n) is 3.84. The monoisotopic (exact) mass is 416 g/mol. The molecule has 144 valence electrons. The Morgan fingerprint density at radius 2 is 2.04 bits per heavy atom. The van der Waals surface area contributed by atoms with E-state index in [-0.39, 0.29) is 23.8 Å². The average molecular weight is 417 g/mol. The van der Waals surface area contributed by atoms with Gasteiger partial charge >= 0.3 is 5.97 Å². The normalized spacial score (nSPS) is 10.5. The molecule has 0 saturated carbocycles. The Morgan fingerprint density at radius 3 is 2.75 bits per heavy atom. The van der Waals surface area contributed by atoms with Crippen LogP contribution >= 0.6 is 22.9 Å². The van der Waals surface area contributed by atoms with Gasteiger partial charge in [0, 0.05) is 17.3 Å². The van der Waals surface area contributed by atoms with Gasteiger partial charge in [0.25, 0.3) is 0 Å². The summed E-state index contributed by atoms with van der Waals surface area (Å²) < 4.78 is 5.21. The molecule has 0 aliphatic heterocycles. The molecule has 2 aromatic carbocycles. The molecule has 28 heavy (non-hydrogen) atoms. The Hall–Kier alpha value is -2.90. The molecule has 0 bridgehead atoms. The van der Waals surface area contributed by atoms with Crippen molar-refractivity contribution in [1.82, 2.24) is 4.98 Å². The first-order valence-corrected chi connectivity index (χ1v) is 9.58. The topological polar surface area (TPSA) is 79.7 Å². The van der Waals surface area contributed by atoms with Gasteiger partial charge in [0.15, 0.2) is 5.13 Å². The lowest BCUT2D eigenvalue weighted by Crippen LogP contribution is -2.22. The predicted molar refractivity (Wildman–Crippen MR) is 108 cm³/mol. The van der Waals surface area contributed by atoms with E-state index in [9.17, 15) is 14.7 Å². The number of phenolic OH excluding ortho intramolecular Hbond substituents is 1. The van der Waals surface area contributed by atoms with Crippen LogP contribution in [-0.4, -0.2) is 22.0 Å². The molecule has 0 unspecified atom stereocenters. The van der Waals surface area contributed by atoms with Crippen molar-refractivity contribution < 1.29 is 19.4 Å². The van der Waals surface area contributed by atoms with E-state index in [1.54, 1.807) is 5.38 Å². The van der Waals surface area contributed by atoms with Gasteiger partial charge in [-0.05, 0) is 42.8 Å². The van der Waals surface area contributed by atoms with Gasteiger partial charge < -0.3 is 9.84 Å². The number of phenols is 1. The highest BCUT2D eigenvalue weighted by Gasteiger charge is 2.19. The number of anilines is 2. The first-order chi connectivity index (χ1) is 13.3. The van der Waals surface area contributed by atoms with E-state index < -0.39 is 5.97 Å². The van der Waals surface area contributed by atoms with Crippen molar-refractivity contribution >= 4 is 45.6 Å². The molecule has 0 radical (unpaired) electrons. The smallest absolute Gasteiger partial charge is 0.342 e. The van der Waals surface area contributed by atoms with Crippen molar-refractivity contribution in [2.45, 2.75) is 20.5 Å². The SMILES string of the molecule is CC(=O)N(c1cccc(C)c1)c1nc(COC(=O)c2cc(Cl)ccc2O)cs1. The fraction of sp³-hybridized carbons (Fsp3) is 0.150. The van der Waals surface area contributed by atoms with Crippen LogP contribution in [0.4, 0.5) is 10.8 Å². The summed E-state index contributed by atoms with van der Waals surface area (Å²) in [7, 11) is 0. The van der Waals surface area contributed by atoms with E-state index in [2.05, 4.69) is 4.98 Å². The molecule has 3 aromatic rings. The molecule has 8 heteroatoms. The Bertz CT molecular complexity index is 1030. The van der Waals surface area contributed by atoms with Crippen molar-refractivity contribution in [3.05, 3.63) is 69.7 Å². The van der Waals surface area contributed by atoms with Gasteiger partial charge in [-0.15, -0.1) is 11.3 Å². The summed E-state index contributed by atoms with van der Waals surface area (Å²) >= 11 is 7.12. The molecule has 6 nitrogen and oxygen atoms in total. The van der Waals surface area contributed by atoms with Gasteiger partial charge in [-0.3, -0.25) is 9.69 Å². The zero-order valence-electron chi connectivity index (χ0n) is 15.2. The predicted octanol–water partition coefficient (Wildman–Crippen LogP) is 4.85. The molecule has 0 saturated heterocycles. The number of halogens is 1. The number of carbonyl (C=O) groups excluding carboxylic acids is 2. The molecular weight excluding hydrogens is 400 g/mol. The number of benzene rings is 2. The maximum atomic E-state index is 12.2. The highest BCUT2D eigenvalue weighted by molar-refractivity contribution is 7.14. The number of rotatable bonds is 5. The van der Waals surface area contributed by atoms with Gasteiger partial charge in [0.1, 0.15) is 17.9 Å². The summed E-state index contributed by atoms with van der Waals surface area (Å²) in [5, 5.41) is 12.3. The first kappa shape index (κ1) is 19.9. The minimum absolute atomic E-state index is 0.0203. The number of carbonyl (C=O) groups is 2.